The van der Waals surface area contributed by atoms with Crippen LogP contribution in [0, 0.1) is 6.92 Å². The highest BCUT2D eigenvalue weighted by atomic mass is 32.1. The minimum Gasteiger partial charge on any atom is -0.464 e. The molecule has 21 heavy (non-hydrogen) atoms. The lowest BCUT2D eigenvalue weighted by Crippen LogP contribution is -2.08. The zero-order valence-electron chi connectivity index (χ0n) is 11.8. The van der Waals surface area contributed by atoms with Crippen molar-refractivity contribution in [1.82, 2.24) is 15.1 Å². The molecule has 0 radical (unpaired) electrons. The van der Waals surface area contributed by atoms with E-state index < -0.39 is 5.97 Å². The molecule has 0 bridgehead atoms. The van der Waals surface area contributed by atoms with Gasteiger partial charge in [-0.2, -0.15) is 4.98 Å². The predicted octanol–water partition coefficient (Wildman–Crippen LogP) is 1.48. The Morgan fingerprint density at radius 1 is 1.38 bits per heavy atom. The second kappa shape index (κ2) is 6.44. The summed E-state index contributed by atoms with van der Waals surface area (Å²) in [7, 11) is 1.25. The van der Waals surface area contributed by atoms with E-state index in [-0.39, 0.29) is 16.4 Å². The van der Waals surface area contributed by atoms with Crippen LogP contribution in [-0.4, -0.2) is 40.5 Å². The number of hydrogen-bond donors (Lipinski definition) is 1. The third kappa shape index (κ3) is 3.63. The Bertz CT molecular complexity index is 664. The molecule has 2 aromatic rings. The Kier molecular flexibility index (Phi) is 4.63. The largest absolute Gasteiger partial charge is 0.464 e. The molecule has 0 saturated carbocycles. The van der Waals surface area contributed by atoms with E-state index >= 15 is 0 Å². The van der Waals surface area contributed by atoms with Gasteiger partial charge in [-0.3, -0.25) is 4.79 Å². The number of aromatic nitrogens is 3. The van der Waals surface area contributed by atoms with E-state index in [0.29, 0.717) is 29.8 Å². The van der Waals surface area contributed by atoms with Gasteiger partial charge in [-0.05, 0) is 0 Å². The number of aryl methyl sites for hydroxylation is 1. The summed E-state index contributed by atoms with van der Waals surface area (Å²) in [4.78, 5) is 31.5. The first-order chi connectivity index (χ1) is 10.0. The molecule has 0 aliphatic heterocycles. The Hall–Kier alpha value is -2.29. The summed E-state index contributed by atoms with van der Waals surface area (Å²) in [6.45, 7) is 3.60. The highest BCUT2D eigenvalue weighted by molar-refractivity contribution is 7.17. The van der Waals surface area contributed by atoms with Crippen molar-refractivity contribution in [2.45, 2.75) is 20.3 Å². The fourth-order valence-electron chi connectivity index (χ4n) is 1.59. The van der Waals surface area contributed by atoms with Crippen LogP contribution in [0.15, 0.2) is 4.52 Å². The summed E-state index contributed by atoms with van der Waals surface area (Å²) in [5, 5.41) is 7.26. The molecule has 0 saturated heterocycles. The fraction of sp³-hybridized carbons (Fsp3) is 0.417. The summed E-state index contributed by atoms with van der Waals surface area (Å²) in [5.41, 5.74) is 0.0351. The maximum absolute atomic E-state index is 11.6. The van der Waals surface area contributed by atoms with Crippen molar-refractivity contribution < 1.29 is 18.8 Å². The zero-order chi connectivity index (χ0) is 15.4. The molecule has 0 spiro atoms. The van der Waals surface area contributed by atoms with Crippen molar-refractivity contribution in [2.75, 3.05) is 19.0 Å². The van der Waals surface area contributed by atoms with Crippen LogP contribution in [0.25, 0.3) is 0 Å². The molecule has 112 valence electrons. The number of methoxy groups -OCH3 is 1. The topological polar surface area (TPSA) is 107 Å². The lowest BCUT2D eigenvalue weighted by atomic mass is 10.3. The first-order valence-corrected chi connectivity index (χ1v) is 6.96. The van der Waals surface area contributed by atoms with E-state index in [9.17, 15) is 9.59 Å². The van der Waals surface area contributed by atoms with Crippen LogP contribution >= 0.6 is 11.3 Å². The summed E-state index contributed by atoms with van der Waals surface area (Å²) >= 11 is 1.11. The second-order valence-electron chi connectivity index (χ2n) is 4.15. The molecule has 0 unspecified atom stereocenters. The van der Waals surface area contributed by atoms with Gasteiger partial charge in [0, 0.05) is 26.8 Å². The molecule has 2 aromatic heterocycles. The van der Waals surface area contributed by atoms with Crippen LogP contribution in [0.4, 0.5) is 5.13 Å². The van der Waals surface area contributed by atoms with Gasteiger partial charge >= 0.3 is 5.97 Å². The standard InChI is InChI=1S/C12H14N4O4S/c1-6(17)10-9(11(18)19-3)15-12(21-10)13-5-4-8-14-7(2)20-16-8/h4-5H2,1-3H3,(H,13,15). The highest BCUT2D eigenvalue weighted by Gasteiger charge is 2.21. The second-order valence-corrected chi connectivity index (χ2v) is 5.15. The highest BCUT2D eigenvalue weighted by Crippen LogP contribution is 2.24. The van der Waals surface area contributed by atoms with Crippen LogP contribution in [0.1, 0.15) is 38.8 Å². The predicted molar refractivity (Wildman–Crippen MR) is 74.7 cm³/mol. The number of rotatable bonds is 6. The smallest absolute Gasteiger partial charge is 0.358 e. The summed E-state index contributed by atoms with van der Waals surface area (Å²) in [5.74, 6) is 0.232. The van der Waals surface area contributed by atoms with E-state index in [4.69, 9.17) is 4.52 Å². The minimum atomic E-state index is -0.627. The van der Waals surface area contributed by atoms with Crippen molar-refractivity contribution >= 4 is 28.2 Å². The summed E-state index contributed by atoms with van der Waals surface area (Å²) in [6.07, 6.45) is 0.542. The summed E-state index contributed by atoms with van der Waals surface area (Å²) < 4.78 is 9.47. The molecule has 0 atom stereocenters. The molecule has 1 N–H and O–H groups in total. The number of thiazole rings is 1. The minimum absolute atomic E-state index is 0.0351. The number of hydrogen-bond acceptors (Lipinski definition) is 9. The van der Waals surface area contributed by atoms with Gasteiger partial charge in [0.25, 0.3) is 0 Å². The van der Waals surface area contributed by atoms with Gasteiger partial charge in [-0.1, -0.05) is 16.5 Å². The number of Topliss-reactive ketones (excluding diaryl/α,β-unsaturated/α-hetero) is 1. The lowest BCUT2D eigenvalue weighted by Gasteiger charge is -1.98. The third-order valence-corrected chi connectivity index (χ3v) is 3.63. The lowest BCUT2D eigenvalue weighted by molar-refractivity contribution is 0.0591. The maximum atomic E-state index is 11.6. The van der Waals surface area contributed by atoms with Crippen LogP contribution in [0.3, 0.4) is 0 Å². The van der Waals surface area contributed by atoms with Crippen molar-refractivity contribution in [2.24, 2.45) is 0 Å². The monoisotopic (exact) mass is 310 g/mol. The first kappa shape index (κ1) is 15.1. The van der Waals surface area contributed by atoms with Crippen molar-refractivity contribution in [1.29, 1.82) is 0 Å². The normalized spacial score (nSPS) is 10.4. The number of ketones is 1. The van der Waals surface area contributed by atoms with E-state index in [0.717, 1.165) is 11.3 Å². The van der Waals surface area contributed by atoms with E-state index in [1.54, 1.807) is 6.92 Å². The number of ether oxygens (including phenoxy) is 1. The molecule has 0 aliphatic rings. The molecule has 2 rings (SSSR count). The number of esters is 1. The molecule has 9 heteroatoms. The van der Waals surface area contributed by atoms with Crippen LogP contribution < -0.4 is 5.32 Å². The van der Waals surface area contributed by atoms with Gasteiger partial charge in [-0.15, -0.1) is 0 Å². The quantitative estimate of drug-likeness (QED) is 0.631. The number of nitrogens with one attached hydrogen (secondary N) is 1. The summed E-state index contributed by atoms with van der Waals surface area (Å²) in [6, 6.07) is 0. The Labute approximate surface area is 124 Å². The molecule has 0 amide bonds. The third-order valence-electron chi connectivity index (χ3n) is 2.52. The average Bonchev–Trinajstić information content (AvgIpc) is 3.05. The number of carbonyl (C=O) groups excluding carboxylic acids is 2. The number of anilines is 1. The SMILES string of the molecule is COC(=O)c1nc(NCCc2noc(C)n2)sc1C(C)=O. The van der Waals surface area contributed by atoms with Crippen LogP contribution in [-0.2, 0) is 11.2 Å². The zero-order valence-corrected chi connectivity index (χ0v) is 12.6. The van der Waals surface area contributed by atoms with Gasteiger partial charge in [0.15, 0.2) is 22.4 Å². The first-order valence-electron chi connectivity index (χ1n) is 6.14. The van der Waals surface area contributed by atoms with Crippen molar-refractivity contribution in [3.63, 3.8) is 0 Å². The Morgan fingerprint density at radius 2 is 2.14 bits per heavy atom. The van der Waals surface area contributed by atoms with E-state index in [1.807, 2.05) is 0 Å². The van der Waals surface area contributed by atoms with Crippen molar-refractivity contribution in [3.8, 4) is 0 Å². The Balaban J connectivity index is 2.03. The maximum Gasteiger partial charge on any atom is 0.358 e. The molecule has 0 fully saturated rings. The van der Waals surface area contributed by atoms with Gasteiger partial charge in [0.05, 0.1) is 7.11 Å². The molecular formula is C12H14N4O4S. The van der Waals surface area contributed by atoms with E-state index in [1.165, 1.54) is 14.0 Å². The van der Waals surface area contributed by atoms with Gasteiger partial charge in [-0.25, -0.2) is 9.78 Å². The number of nitrogens with zero attached hydrogens (tertiary/aromatic N) is 3. The fourth-order valence-corrected chi connectivity index (χ4v) is 2.47. The molecule has 0 aliphatic carbocycles. The van der Waals surface area contributed by atoms with E-state index in [2.05, 4.69) is 25.2 Å². The van der Waals surface area contributed by atoms with Gasteiger partial charge in [0.1, 0.15) is 4.88 Å². The average molecular weight is 310 g/mol. The molecular weight excluding hydrogens is 296 g/mol. The van der Waals surface area contributed by atoms with Crippen LogP contribution in [0.2, 0.25) is 0 Å². The van der Waals surface area contributed by atoms with Crippen molar-refractivity contribution in [3.05, 3.63) is 22.3 Å². The van der Waals surface area contributed by atoms with Gasteiger partial charge in [0.2, 0.25) is 5.89 Å². The number of carbonyl (C=O) groups is 2. The van der Waals surface area contributed by atoms with Crippen LogP contribution in [0.5, 0.6) is 0 Å². The van der Waals surface area contributed by atoms with Gasteiger partial charge < -0.3 is 14.6 Å². The Morgan fingerprint density at radius 3 is 2.71 bits per heavy atom. The molecule has 8 nitrogen and oxygen atoms in total. The molecule has 2 heterocycles. The molecule has 0 aromatic carbocycles.